The molecule has 0 saturated carbocycles. The molecule has 0 radical (unpaired) electrons. The predicted molar refractivity (Wildman–Crippen MR) is 124 cm³/mol. The van der Waals surface area contributed by atoms with Gasteiger partial charge in [-0.3, -0.25) is 10.0 Å². The van der Waals surface area contributed by atoms with Gasteiger partial charge in [-0.05, 0) is 63.1 Å². The summed E-state index contributed by atoms with van der Waals surface area (Å²) >= 11 is 0. The van der Waals surface area contributed by atoms with E-state index in [2.05, 4.69) is 26.9 Å². The second-order valence-electron chi connectivity index (χ2n) is 7.75. The highest BCUT2D eigenvalue weighted by molar-refractivity contribution is 7.92. The van der Waals surface area contributed by atoms with E-state index in [4.69, 9.17) is 4.74 Å². The first-order chi connectivity index (χ1) is 15.1. The van der Waals surface area contributed by atoms with Crippen molar-refractivity contribution in [3.8, 4) is 11.8 Å². The maximum absolute atomic E-state index is 12.8. The zero-order valence-corrected chi connectivity index (χ0v) is 18.7. The first-order valence-electron chi connectivity index (χ1n) is 9.78. The number of sulfonamides is 1. The lowest BCUT2D eigenvalue weighted by Crippen LogP contribution is -2.27. The number of carbonyl (C=O) groups excluding carboxylic acids is 1. The van der Waals surface area contributed by atoms with E-state index in [1.165, 1.54) is 24.3 Å². The second-order valence-corrected chi connectivity index (χ2v) is 9.44. The molecule has 3 rings (SSSR count). The lowest BCUT2D eigenvalue weighted by atomic mass is 10.2. The number of benzene rings is 2. The quantitative estimate of drug-likeness (QED) is 0.566. The maximum atomic E-state index is 12.8. The Morgan fingerprint density at radius 1 is 0.906 bits per heavy atom. The predicted octanol–water partition coefficient (Wildman–Crippen LogP) is 4.63. The van der Waals surface area contributed by atoms with Gasteiger partial charge >= 0.3 is 6.09 Å². The summed E-state index contributed by atoms with van der Waals surface area (Å²) in [4.78, 5) is 16.5. The molecule has 8 heteroatoms. The lowest BCUT2D eigenvalue weighted by molar-refractivity contribution is 0.0635. The number of anilines is 2. The molecule has 0 aliphatic heterocycles. The van der Waals surface area contributed by atoms with Crippen molar-refractivity contribution in [3.05, 3.63) is 84.1 Å². The van der Waals surface area contributed by atoms with Gasteiger partial charge in [0.25, 0.3) is 10.0 Å². The van der Waals surface area contributed by atoms with Gasteiger partial charge in [0.15, 0.2) is 0 Å². The molecule has 1 amide bonds. The molecule has 0 spiro atoms. The average Bonchev–Trinajstić information content (AvgIpc) is 2.73. The van der Waals surface area contributed by atoms with E-state index in [1.54, 1.807) is 39.0 Å². The Kier molecular flexibility index (Phi) is 6.81. The van der Waals surface area contributed by atoms with Crippen molar-refractivity contribution in [1.82, 2.24) is 4.98 Å². The molecule has 0 saturated heterocycles. The minimum atomic E-state index is -3.85. The van der Waals surface area contributed by atoms with E-state index >= 15 is 0 Å². The molecule has 0 fully saturated rings. The van der Waals surface area contributed by atoms with Gasteiger partial charge < -0.3 is 4.74 Å². The summed E-state index contributed by atoms with van der Waals surface area (Å²) < 4.78 is 33.3. The third-order valence-electron chi connectivity index (χ3n) is 3.92. The third-order valence-corrected chi connectivity index (χ3v) is 5.30. The largest absolute Gasteiger partial charge is 0.444 e. The SMILES string of the molecule is CC(C)(C)OC(=O)Nc1ccc(NS(=O)(=O)c2ccccc2)c(C#Cc2ccccc2)n1. The van der Waals surface area contributed by atoms with Crippen LogP contribution >= 0.6 is 0 Å². The van der Waals surface area contributed by atoms with E-state index in [0.717, 1.165) is 5.56 Å². The van der Waals surface area contributed by atoms with Crippen molar-refractivity contribution >= 4 is 27.6 Å². The van der Waals surface area contributed by atoms with Crippen molar-refractivity contribution in [2.45, 2.75) is 31.3 Å². The Labute approximate surface area is 187 Å². The van der Waals surface area contributed by atoms with Crippen LogP contribution in [0.2, 0.25) is 0 Å². The molecule has 2 aromatic carbocycles. The van der Waals surface area contributed by atoms with E-state index in [9.17, 15) is 13.2 Å². The van der Waals surface area contributed by atoms with Crippen molar-refractivity contribution < 1.29 is 17.9 Å². The van der Waals surface area contributed by atoms with Crippen molar-refractivity contribution in [3.63, 3.8) is 0 Å². The molecule has 0 aliphatic carbocycles. The molecule has 1 aromatic heterocycles. The highest BCUT2D eigenvalue weighted by atomic mass is 32.2. The topological polar surface area (TPSA) is 97.4 Å². The number of amides is 1. The van der Waals surface area contributed by atoms with Gasteiger partial charge in [-0.25, -0.2) is 18.2 Å². The second kappa shape index (κ2) is 9.54. The lowest BCUT2D eigenvalue weighted by Gasteiger charge is -2.19. The molecular weight excluding hydrogens is 426 g/mol. The molecule has 0 bridgehead atoms. The summed E-state index contributed by atoms with van der Waals surface area (Å²) in [6.07, 6.45) is -0.676. The van der Waals surface area contributed by atoms with Crippen LogP contribution in [-0.2, 0) is 14.8 Å². The fourth-order valence-electron chi connectivity index (χ4n) is 2.57. The van der Waals surface area contributed by atoms with Crippen molar-refractivity contribution in [2.24, 2.45) is 0 Å². The smallest absolute Gasteiger partial charge is 0.413 e. The fourth-order valence-corrected chi connectivity index (χ4v) is 3.66. The van der Waals surface area contributed by atoms with Gasteiger partial charge in [-0.1, -0.05) is 42.3 Å². The summed E-state index contributed by atoms with van der Waals surface area (Å²) in [5, 5.41) is 2.54. The number of hydrogen-bond acceptors (Lipinski definition) is 5. The van der Waals surface area contributed by atoms with Crippen LogP contribution in [0.1, 0.15) is 32.0 Å². The van der Waals surface area contributed by atoms with Gasteiger partial charge in [0.05, 0.1) is 10.6 Å². The van der Waals surface area contributed by atoms with E-state index in [0.29, 0.717) is 0 Å². The number of carbonyl (C=O) groups is 1. The van der Waals surface area contributed by atoms with E-state index in [1.807, 2.05) is 30.3 Å². The highest BCUT2D eigenvalue weighted by Gasteiger charge is 2.19. The van der Waals surface area contributed by atoms with Crippen LogP contribution in [0, 0.1) is 11.8 Å². The summed E-state index contributed by atoms with van der Waals surface area (Å²) in [6.45, 7) is 5.24. The van der Waals surface area contributed by atoms with Crippen molar-refractivity contribution in [1.29, 1.82) is 0 Å². The third kappa shape index (κ3) is 6.59. The summed E-state index contributed by atoms with van der Waals surface area (Å²) in [5.41, 5.74) is 0.399. The molecule has 7 nitrogen and oxygen atoms in total. The van der Waals surface area contributed by atoms with Gasteiger partial charge in [0.1, 0.15) is 17.1 Å². The number of nitrogens with zero attached hydrogens (tertiary/aromatic N) is 1. The van der Waals surface area contributed by atoms with Gasteiger partial charge in [-0.2, -0.15) is 0 Å². The van der Waals surface area contributed by atoms with E-state index in [-0.39, 0.29) is 22.1 Å². The molecule has 0 aliphatic rings. The summed E-state index contributed by atoms with van der Waals surface area (Å²) in [6, 6.07) is 20.2. The number of aromatic nitrogens is 1. The minimum Gasteiger partial charge on any atom is -0.444 e. The minimum absolute atomic E-state index is 0.109. The van der Waals surface area contributed by atoms with E-state index < -0.39 is 21.7 Å². The first-order valence-corrected chi connectivity index (χ1v) is 11.3. The Morgan fingerprint density at radius 3 is 2.16 bits per heavy atom. The first kappa shape index (κ1) is 22.8. The Hall–Kier alpha value is -3.83. The van der Waals surface area contributed by atoms with Gasteiger partial charge in [0.2, 0.25) is 0 Å². The zero-order chi connectivity index (χ0) is 23.2. The van der Waals surface area contributed by atoms with Crippen LogP contribution in [-0.4, -0.2) is 25.1 Å². The molecule has 32 heavy (non-hydrogen) atoms. The highest BCUT2D eigenvalue weighted by Crippen LogP contribution is 2.21. The molecular formula is C24H23N3O4S. The maximum Gasteiger partial charge on any atom is 0.413 e. The summed E-state index contributed by atoms with van der Waals surface area (Å²) in [7, 11) is -3.85. The number of ether oxygens (including phenoxy) is 1. The number of pyridine rings is 1. The van der Waals surface area contributed by atoms with Crippen LogP contribution in [0.5, 0.6) is 0 Å². The molecule has 3 aromatic rings. The Balaban J connectivity index is 1.95. The number of nitrogens with one attached hydrogen (secondary N) is 2. The number of rotatable bonds is 4. The number of hydrogen-bond donors (Lipinski definition) is 2. The normalized spacial score (nSPS) is 11.1. The summed E-state index contributed by atoms with van der Waals surface area (Å²) in [5.74, 6) is 6.02. The average molecular weight is 450 g/mol. The van der Waals surface area contributed by atoms with Crippen molar-refractivity contribution in [2.75, 3.05) is 10.0 Å². The van der Waals surface area contributed by atoms with Crippen LogP contribution < -0.4 is 10.0 Å². The molecule has 2 N–H and O–H groups in total. The van der Waals surface area contributed by atoms with Gasteiger partial charge in [0, 0.05) is 5.56 Å². The fraction of sp³-hybridized carbons (Fsp3) is 0.167. The molecule has 0 unspecified atom stereocenters. The Morgan fingerprint density at radius 2 is 1.53 bits per heavy atom. The van der Waals surface area contributed by atoms with Crippen LogP contribution in [0.4, 0.5) is 16.3 Å². The zero-order valence-electron chi connectivity index (χ0n) is 17.9. The van der Waals surface area contributed by atoms with Gasteiger partial charge in [-0.15, -0.1) is 0 Å². The van der Waals surface area contributed by atoms with Crippen LogP contribution in [0.25, 0.3) is 0 Å². The molecule has 0 atom stereocenters. The monoisotopic (exact) mass is 449 g/mol. The molecule has 1 heterocycles. The van der Waals surface area contributed by atoms with Crippen LogP contribution in [0.15, 0.2) is 77.7 Å². The Bertz CT molecular complexity index is 1260. The molecule has 164 valence electrons. The van der Waals surface area contributed by atoms with Crippen LogP contribution in [0.3, 0.4) is 0 Å². The standard InChI is InChI=1S/C24H23N3O4S/c1-24(2,3)31-23(28)26-22-17-16-21(27-32(29,30)19-12-8-5-9-13-19)20(25-22)15-14-18-10-6-4-7-11-18/h4-13,16-17,27H,1-3H3,(H,25,26,28).